The summed E-state index contributed by atoms with van der Waals surface area (Å²) >= 11 is 0. The number of aliphatic imine (C=N–C) groups is 1. The van der Waals surface area contributed by atoms with Crippen LogP contribution in [0.4, 0.5) is 0 Å². The van der Waals surface area contributed by atoms with Crippen LogP contribution >= 0.6 is 7.75 Å². The number of carbonyl (C=O) groups is 2. The molecule has 0 saturated heterocycles. The molecule has 4 atom stereocenters. The predicted molar refractivity (Wildman–Crippen MR) is 104 cm³/mol. The molecule has 0 bridgehead atoms. The van der Waals surface area contributed by atoms with Crippen molar-refractivity contribution in [3.63, 3.8) is 0 Å². The molecule has 0 aromatic rings. The first-order valence-corrected chi connectivity index (χ1v) is 10.4. The van der Waals surface area contributed by atoms with Crippen LogP contribution in [0, 0.1) is 0 Å². The van der Waals surface area contributed by atoms with Crippen LogP contribution in [0.1, 0.15) is 34.1 Å². The third-order valence-corrected chi connectivity index (χ3v) is 4.71. The molecule has 0 rings (SSSR count). The van der Waals surface area contributed by atoms with Crippen LogP contribution < -0.4 is 10.8 Å². The lowest BCUT2D eigenvalue weighted by Gasteiger charge is -2.27. The molecule has 0 radical (unpaired) electrons. The maximum Gasteiger partial charge on any atom is 0.403 e. The summed E-state index contributed by atoms with van der Waals surface area (Å²) in [4.78, 5) is 37.6. The molecule has 28 heavy (non-hydrogen) atoms. The highest BCUT2D eigenvalue weighted by atomic mass is 31.2. The number of hydrogen-bond donors (Lipinski definition) is 3. The van der Waals surface area contributed by atoms with Gasteiger partial charge in [-0.1, -0.05) is 6.92 Å². The minimum absolute atomic E-state index is 0.155. The molecule has 0 aliphatic carbocycles. The minimum Gasteiger partial charge on any atom is -0.465 e. The van der Waals surface area contributed by atoms with Gasteiger partial charge < -0.3 is 20.1 Å². The smallest absolute Gasteiger partial charge is 0.403 e. The maximum atomic E-state index is 12.1. The van der Waals surface area contributed by atoms with Crippen LogP contribution in [0.25, 0.3) is 0 Å². The number of hydrogen-bond acceptors (Lipinski definition) is 7. The van der Waals surface area contributed by atoms with Crippen molar-refractivity contribution in [2.75, 3.05) is 20.3 Å². The zero-order chi connectivity index (χ0) is 21.7. The van der Waals surface area contributed by atoms with Crippen LogP contribution in [0.3, 0.4) is 0 Å². The topological polar surface area (TPSA) is 153 Å². The Bertz CT molecular complexity index is 600. The fraction of sp³-hybridized carbons (Fsp3) is 0.688. The summed E-state index contributed by atoms with van der Waals surface area (Å²) in [5, 5.41) is 2.20. The van der Waals surface area contributed by atoms with E-state index in [4.69, 9.17) is 19.7 Å². The van der Waals surface area contributed by atoms with E-state index in [1.165, 1.54) is 31.1 Å². The molecular formula is C16H31N4O7P. The standard InChI is InChI=1S/C16H31N4O7P/c1-6-14(27-13(4)20(11-21)9-8-15(17)18-5)10-26-28(23,24)19-12(3)16(22)25-7-2/h8-9,11-14H,6-7,10H2,1-5H3,(H2,17,18)(H2,19,23,24)/b9-8-. The Kier molecular flexibility index (Phi) is 12.6. The molecule has 0 aliphatic rings. The average molecular weight is 422 g/mol. The van der Waals surface area contributed by atoms with Gasteiger partial charge in [0.15, 0.2) is 0 Å². The van der Waals surface area contributed by atoms with E-state index in [1.807, 2.05) is 0 Å². The molecule has 0 spiro atoms. The monoisotopic (exact) mass is 422 g/mol. The van der Waals surface area contributed by atoms with Gasteiger partial charge in [-0.15, -0.1) is 0 Å². The number of amidine groups is 1. The van der Waals surface area contributed by atoms with Gasteiger partial charge >= 0.3 is 13.7 Å². The van der Waals surface area contributed by atoms with Crippen molar-refractivity contribution in [3.05, 3.63) is 12.3 Å². The number of ether oxygens (including phenoxy) is 2. The summed E-state index contributed by atoms with van der Waals surface area (Å²) in [6.07, 6.45) is 2.59. The lowest BCUT2D eigenvalue weighted by atomic mass is 10.3. The Morgan fingerprint density at radius 3 is 2.54 bits per heavy atom. The maximum absolute atomic E-state index is 12.1. The SMILES string of the molecule is CCOC(=O)C(C)NP(=O)(O)OCC(CC)OC(C)N(C=O)/C=C\C(N)=NC. The summed E-state index contributed by atoms with van der Waals surface area (Å²) in [6.45, 7) is 6.36. The average Bonchev–Trinajstić information content (AvgIpc) is 2.64. The van der Waals surface area contributed by atoms with Crippen molar-refractivity contribution in [1.29, 1.82) is 0 Å². The molecule has 4 unspecified atom stereocenters. The van der Waals surface area contributed by atoms with Crippen molar-refractivity contribution in [1.82, 2.24) is 9.99 Å². The Balaban J connectivity index is 4.75. The van der Waals surface area contributed by atoms with Crippen molar-refractivity contribution >= 4 is 26.0 Å². The number of rotatable bonds is 14. The zero-order valence-electron chi connectivity index (χ0n) is 16.9. The quantitative estimate of drug-likeness (QED) is 0.0919. The minimum atomic E-state index is -4.26. The van der Waals surface area contributed by atoms with Gasteiger partial charge in [0.25, 0.3) is 0 Å². The first-order valence-electron chi connectivity index (χ1n) is 8.80. The van der Waals surface area contributed by atoms with E-state index < -0.39 is 32.1 Å². The molecule has 162 valence electrons. The van der Waals surface area contributed by atoms with Gasteiger partial charge in [0, 0.05) is 13.2 Å². The number of nitrogens with two attached hydrogens (primary N) is 1. The molecule has 0 aliphatic heterocycles. The Morgan fingerprint density at radius 1 is 1.39 bits per heavy atom. The highest BCUT2D eigenvalue weighted by Gasteiger charge is 2.28. The molecule has 11 nitrogen and oxygen atoms in total. The second-order valence-electron chi connectivity index (χ2n) is 5.70. The fourth-order valence-electron chi connectivity index (χ4n) is 1.87. The molecular weight excluding hydrogens is 391 g/mol. The fourth-order valence-corrected chi connectivity index (χ4v) is 2.90. The van der Waals surface area contributed by atoms with Crippen molar-refractivity contribution < 1.29 is 33.0 Å². The van der Waals surface area contributed by atoms with E-state index in [1.54, 1.807) is 20.8 Å². The predicted octanol–water partition coefficient (Wildman–Crippen LogP) is 0.745. The molecule has 0 aromatic heterocycles. The third kappa shape index (κ3) is 10.5. The lowest BCUT2D eigenvalue weighted by Crippen LogP contribution is -2.36. The van der Waals surface area contributed by atoms with E-state index in [-0.39, 0.29) is 19.0 Å². The molecule has 1 amide bonds. The summed E-state index contributed by atoms with van der Waals surface area (Å²) in [5.41, 5.74) is 5.54. The Hall–Kier alpha value is -1.78. The third-order valence-electron chi connectivity index (χ3n) is 3.49. The molecule has 12 heteroatoms. The van der Waals surface area contributed by atoms with Gasteiger partial charge in [-0.2, -0.15) is 0 Å². The van der Waals surface area contributed by atoms with E-state index in [9.17, 15) is 19.0 Å². The molecule has 0 saturated carbocycles. The summed E-state index contributed by atoms with van der Waals surface area (Å²) in [6, 6.07) is -1.02. The highest BCUT2D eigenvalue weighted by molar-refractivity contribution is 7.50. The Labute approximate surface area is 165 Å². The number of nitrogens with zero attached hydrogens (tertiary/aromatic N) is 2. The van der Waals surface area contributed by atoms with E-state index >= 15 is 0 Å². The summed E-state index contributed by atoms with van der Waals surface area (Å²) < 4.78 is 27.6. The first kappa shape index (κ1) is 26.2. The van der Waals surface area contributed by atoms with Gasteiger partial charge in [0.05, 0.1) is 19.3 Å². The van der Waals surface area contributed by atoms with Gasteiger partial charge in [-0.25, -0.2) is 9.65 Å². The molecule has 0 fully saturated rings. The van der Waals surface area contributed by atoms with Crippen molar-refractivity contribution in [2.24, 2.45) is 10.7 Å². The zero-order valence-corrected chi connectivity index (χ0v) is 17.8. The number of nitrogens with one attached hydrogen (secondary N) is 1. The van der Waals surface area contributed by atoms with E-state index in [0.29, 0.717) is 12.8 Å². The van der Waals surface area contributed by atoms with Crippen molar-refractivity contribution in [2.45, 2.75) is 52.5 Å². The largest absolute Gasteiger partial charge is 0.465 e. The van der Waals surface area contributed by atoms with Crippen molar-refractivity contribution in [3.8, 4) is 0 Å². The van der Waals surface area contributed by atoms with Crippen LogP contribution in [-0.2, 0) is 28.2 Å². The van der Waals surface area contributed by atoms with Gasteiger partial charge in [-0.3, -0.25) is 24.0 Å². The first-order chi connectivity index (χ1) is 13.1. The summed E-state index contributed by atoms with van der Waals surface area (Å²) in [7, 11) is -2.74. The van der Waals surface area contributed by atoms with Gasteiger partial charge in [0.1, 0.15) is 18.1 Å². The van der Waals surface area contributed by atoms with Crippen LogP contribution in [0.2, 0.25) is 0 Å². The number of esters is 1. The van der Waals surface area contributed by atoms with Crippen LogP contribution in [-0.4, -0.2) is 66.6 Å². The highest BCUT2D eigenvalue weighted by Crippen LogP contribution is 2.38. The van der Waals surface area contributed by atoms with E-state index in [0.717, 1.165) is 0 Å². The second-order valence-corrected chi connectivity index (χ2v) is 7.26. The van der Waals surface area contributed by atoms with Gasteiger partial charge in [-0.05, 0) is 33.3 Å². The summed E-state index contributed by atoms with van der Waals surface area (Å²) in [5.74, 6) is -0.432. The van der Waals surface area contributed by atoms with E-state index in [2.05, 4.69) is 10.1 Å². The number of carbonyl (C=O) groups excluding carboxylic acids is 2. The Morgan fingerprint density at radius 2 is 2.04 bits per heavy atom. The second kappa shape index (κ2) is 13.4. The number of amides is 1. The molecule has 0 heterocycles. The van der Waals surface area contributed by atoms with Crippen LogP contribution in [0.15, 0.2) is 17.3 Å². The molecule has 0 aromatic carbocycles. The van der Waals surface area contributed by atoms with Gasteiger partial charge in [0.2, 0.25) is 6.41 Å². The molecule has 4 N–H and O–H groups in total. The lowest BCUT2D eigenvalue weighted by molar-refractivity contribution is -0.144. The normalized spacial score (nSPS) is 17.6. The van der Waals surface area contributed by atoms with Crippen LogP contribution in [0.5, 0.6) is 0 Å².